The Morgan fingerprint density at radius 2 is 2.04 bits per heavy atom. The lowest BCUT2D eigenvalue weighted by atomic mass is 10.2. The first-order valence-electron chi connectivity index (χ1n) is 7.73. The van der Waals surface area contributed by atoms with Gasteiger partial charge in [0.05, 0.1) is 6.04 Å². The lowest BCUT2D eigenvalue weighted by molar-refractivity contribution is 0.259. The van der Waals surface area contributed by atoms with Gasteiger partial charge in [-0.1, -0.05) is 6.07 Å². The molecule has 7 nitrogen and oxygen atoms in total. The second-order valence-corrected chi connectivity index (χ2v) is 6.75. The molecular formula is C15H21N5O2S. The minimum atomic E-state index is -0.421. The lowest BCUT2D eigenvalue weighted by Gasteiger charge is -2.27. The molecular weight excluding hydrogens is 314 g/mol. The Balaban J connectivity index is 1.82. The third-order valence-electron chi connectivity index (χ3n) is 4.24. The molecule has 3 heterocycles. The molecule has 0 radical (unpaired) electrons. The van der Waals surface area contributed by atoms with Gasteiger partial charge in [0, 0.05) is 25.5 Å². The molecule has 124 valence electrons. The Kier molecular flexibility index (Phi) is 4.63. The van der Waals surface area contributed by atoms with E-state index in [9.17, 15) is 9.59 Å². The number of hydrogen-bond acceptors (Lipinski definition) is 6. The van der Waals surface area contributed by atoms with E-state index < -0.39 is 5.69 Å². The first-order chi connectivity index (χ1) is 11.1. The summed E-state index contributed by atoms with van der Waals surface area (Å²) in [6, 6.07) is 4.40. The molecule has 0 amide bonds. The van der Waals surface area contributed by atoms with Crippen LogP contribution in [-0.2, 0) is 14.1 Å². The van der Waals surface area contributed by atoms with Gasteiger partial charge in [0.1, 0.15) is 0 Å². The molecule has 23 heavy (non-hydrogen) atoms. The maximum atomic E-state index is 12.2. The molecule has 1 aliphatic heterocycles. The van der Waals surface area contributed by atoms with Crippen molar-refractivity contribution in [3.63, 3.8) is 0 Å². The minimum absolute atomic E-state index is 0.218. The van der Waals surface area contributed by atoms with Crippen LogP contribution in [0.1, 0.15) is 23.8 Å². The first kappa shape index (κ1) is 15.9. The van der Waals surface area contributed by atoms with Crippen molar-refractivity contribution in [1.82, 2.24) is 19.2 Å². The highest BCUT2D eigenvalue weighted by Gasteiger charge is 2.24. The predicted octanol–water partition coefficient (Wildman–Crippen LogP) is 0.790. The number of anilines is 1. The highest BCUT2D eigenvalue weighted by atomic mass is 32.1. The van der Waals surface area contributed by atoms with Gasteiger partial charge in [-0.2, -0.15) is 0 Å². The topological polar surface area (TPSA) is 72.2 Å². The van der Waals surface area contributed by atoms with Crippen LogP contribution in [0.3, 0.4) is 0 Å². The van der Waals surface area contributed by atoms with E-state index in [1.165, 1.54) is 29.4 Å². The first-order valence-corrected chi connectivity index (χ1v) is 8.61. The average molecular weight is 335 g/mol. The second kappa shape index (κ2) is 6.67. The largest absolute Gasteiger partial charge is 0.362 e. The third kappa shape index (κ3) is 3.23. The quantitative estimate of drug-likeness (QED) is 0.875. The maximum Gasteiger partial charge on any atom is 0.346 e. The molecule has 0 aromatic carbocycles. The van der Waals surface area contributed by atoms with Crippen molar-refractivity contribution in [2.45, 2.75) is 18.9 Å². The molecule has 0 saturated carbocycles. The van der Waals surface area contributed by atoms with Gasteiger partial charge in [-0.3, -0.25) is 14.3 Å². The van der Waals surface area contributed by atoms with E-state index in [2.05, 4.69) is 26.8 Å². The summed E-state index contributed by atoms with van der Waals surface area (Å²) in [4.78, 5) is 27.6. The van der Waals surface area contributed by atoms with Crippen molar-refractivity contribution >= 4 is 17.2 Å². The SMILES string of the molecule is Cn1nc(NC[C@H](c2cccs2)N2CCCC2)c(=O)n(C)c1=O. The van der Waals surface area contributed by atoms with Crippen LogP contribution < -0.4 is 16.6 Å². The van der Waals surface area contributed by atoms with Crippen molar-refractivity contribution in [3.8, 4) is 0 Å². The van der Waals surface area contributed by atoms with Crippen molar-refractivity contribution < 1.29 is 0 Å². The van der Waals surface area contributed by atoms with Gasteiger partial charge in [-0.15, -0.1) is 16.4 Å². The van der Waals surface area contributed by atoms with Gasteiger partial charge in [-0.05, 0) is 37.4 Å². The zero-order valence-electron chi connectivity index (χ0n) is 13.4. The Bertz CT molecular complexity index is 774. The summed E-state index contributed by atoms with van der Waals surface area (Å²) in [5.74, 6) is 0.218. The van der Waals surface area contributed by atoms with E-state index in [1.807, 2.05) is 6.07 Å². The summed E-state index contributed by atoms with van der Waals surface area (Å²) < 4.78 is 2.26. The Labute approximate surface area is 138 Å². The Hall–Kier alpha value is -1.93. The van der Waals surface area contributed by atoms with Gasteiger partial charge in [0.15, 0.2) is 0 Å². The summed E-state index contributed by atoms with van der Waals surface area (Å²) in [5.41, 5.74) is -0.811. The number of nitrogens with zero attached hydrogens (tertiary/aromatic N) is 4. The number of thiophene rings is 1. The lowest BCUT2D eigenvalue weighted by Crippen LogP contribution is -2.41. The smallest absolute Gasteiger partial charge is 0.346 e. The van der Waals surface area contributed by atoms with Gasteiger partial charge in [0.25, 0.3) is 5.56 Å². The highest BCUT2D eigenvalue weighted by molar-refractivity contribution is 7.10. The molecule has 2 aromatic rings. The van der Waals surface area contributed by atoms with Crippen LogP contribution in [0.15, 0.2) is 27.1 Å². The zero-order valence-corrected chi connectivity index (χ0v) is 14.2. The predicted molar refractivity (Wildman–Crippen MR) is 91.1 cm³/mol. The van der Waals surface area contributed by atoms with Crippen molar-refractivity contribution in [3.05, 3.63) is 43.2 Å². The van der Waals surface area contributed by atoms with Gasteiger partial charge < -0.3 is 5.32 Å². The zero-order chi connectivity index (χ0) is 16.4. The number of rotatable bonds is 5. The summed E-state index contributed by atoms with van der Waals surface area (Å²) in [7, 11) is 3.01. The van der Waals surface area contributed by atoms with Crippen LogP contribution in [0.2, 0.25) is 0 Å². The fourth-order valence-electron chi connectivity index (χ4n) is 2.95. The minimum Gasteiger partial charge on any atom is -0.362 e. The van der Waals surface area contributed by atoms with Crippen molar-refractivity contribution in [1.29, 1.82) is 0 Å². The number of hydrogen-bond donors (Lipinski definition) is 1. The molecule has 1 aliphatic rings. The van der Waals surface area contributed by atoms with E-state index in [0.29, 0.717) is 6.54 Å². The normalized spacial score (nSPS) is 16.6. The van der Waals surface area contributed by atoms with E-state index in [4.69, 9.17) is 0 Å². The summed E-state index contributed by atoms with van der Waals surface area (Å²) in [5, 5.41) is 9.28. The standard InChI is InChI=1S/C15H21N5O2S/c1-18-14(21)13(17-19(2)15(18)22)16-10-11(12-6-5-9-23-12)20-7-3-4-8-20/h5-6,9,11H,3-4,7-8,10H2,1-2H3,(H,16,17)/t11-/m1/s1. The summed E-state index contributed by atoms with van der Waals surface area (Å²) in [6.07, 6.45) is 2.42. The highest BCUT2D eigenvalue weighted by Crippen LogP contribution is 2.28. The third-order valence-corrected chi connectivity index (χ3v) is 5.21. The van der Waals surface area contributed by atoms with E-state index in [0.717, 1.165) is 17.7 Å². The van der Waals surface area contributed by atoms with Gasteiger partial charge in [0.2, 0.25) is 5.82 Å². The Morgan fingerprint density at radius 1 is 1.30 bits per heavy atom. The number of aromatic nitrogens is 3. The Morgan fingerprint density at radius 3 is 2.70 bits per heavy atom. The summed E-state index contributed by atoms with van der Waals surface area (Å²) >= 11 is 1.73. The van der Waals surface area contributed by atoms with E-state index in [-0.39, 0.29) is 17.4 Å². The number of nitrogens with one attached hydrogen (secondary N) is 1. The van der Waals surface area contributed by atoms with Crippen molar-refractivity contribution in [2.75, 3.05) is 25.0 Å². The molecule has 2 aromatic heterocycles. The van der Waals surface area contributed by atoms with Crippen LogP contribution in [0.5, 0.6) is 0 Å². The van der Waals surface area contributed by atoms with Crippen LogP contribution in [0.4, 0.5) is 5.82 Å². The molecule has 3 rings (SSSR count). The second-order valence-electron chi connectivity index (χ2n) is 5.77. The molecule has 1 saturated heterocycles. The molecule has 1 N–H and O–H groups in total. The van der Waals surface area contributed by atoms with Gasteiger partial charge >= 0.3 is 5.69 Å². The van der Waals surface area contributed by atoms with Gasteiger partial charge in [-0.25, -0.2) is 9.48 Å². The number of aryl methyl sites for hydroxylation is 1. The molecule has 8 heteroatoms. The monoisotopic (exact) mass is 335 g/mol. The number of likely N-dealkylation sites (tertiary alicyclic amines) is 1. The molecule has 1 fully saturated rings. The summed E-state index contributed by atoms with van der Waals surface area (Å²) in [6.45, 7) is 2.74. The van der Waals surface area contributed by atoms with E-state index in [1.54, 1.807) is 18.4 Å². The van der Waals surface area contributed by atoms with Crippen LogP contribution >= 0.6 is 11.3 Å². The van der Waals surface area contributed by atoms with Crippen LogP contribution in [0, 0.1) is 0 Å². The van der Waals surface area contributed by atoms with Crippen LogP contribution in [0.25, 0.3) is 0 Å². The molecule has 0 unspecified atom stereocenters. The van der Waals surface area contributed by atoms with Crippen molar-refractivity contribution in [2.24, 2.45) is 14.1 Å². The van der Waals surface area contributed by atoms with E-state index >= 15 is 0 Å². The average Bonchev–Trinajstić information content (AvgIpc) is 3.24. The molecule has 0 aliphatic carbocycles. The maximum absolute atomic E-state index is 12.2. The molecule has 0 spiro atoms. The fraction of sp³-hybridized carbons (Fsp3) is 0.533. The molecule has 1 atom stereocenters. The van der Waals surface area contributed by atoms with Crippen LogP contribution in [-0.4, -0.2) is 38.9 Å². The fourth-order valence-corrected chi connectivity index (χ4v) is 3.81. The molecule has 0 bridgehead atoms.